The lowest BCUT2D eigenvalue weighted by molar-refractivity contribution is -0.142. The first kappa shape index (κ1) is 26.0. The number of aromatic nitrogens is 4. The minimum Gasteiger partial charge on any atom is -0.468 e. The van der Waals surface area contributed by atoms with Gasteiger partial charge in [0.25, 0.3) is 0 Å². The summed E-state index contributed by atoms with van der Waals surface area (Å²) in [4.78, 5) is 24.4. The van der Waals surface area contributed by atoms with Gasteiger partial charge < -0.3 is 24.8 Å². The number of esters is 1. The summed E-state index contributed by atoms with van der Waals surface area (Å²) >= 11 is 0. The topological polar surface area (TPSA) is 173 Å². The third kappa shape index (κ3) is 5.19. The molecule has 0 radical (unpaired) electrons. The van der Waals surface area contributed by atoms with Gasteiger partial charge in [0.05, 0.1) is 26.1 Å². The van der Waals surface area contributed by atoms with Crippen LogP contribution in [0.1, 0.15) is 19.6 Å². The maximum atomic E-state index is 13.9. The van der Waals surface area contributed by atoms with E-state index in [0.717, 1.165) is 5.39 Å². The molecule has 1 saturated heterocycles. The lowest BCUT2D eigenvalue weighted by Crippen LogP contribution is -2.36. The van der Waals surface area contributed by atoms with Crippen LogP contribution in [0.2, 0.25) is 0 Å². The molecule has 5 rings (SSSR count). The van der Waals surface area contributed by atoms with Crippen LogP contribution in [0.4, 0.5) is 5.82 Å². The van der Waals surface area contributed by atoms with Crippen LogP contribution in [0.3, 0.4) is 0 Å². The standard InChI is InChI=1S/C24H27N6O7P/c1-14(24(32)34-2)29-38(33,37-18-9-5-7-15-6-3-4-8-16(15)18)35-11-19-17(31)10-20(36-19)30-13-28-21-22(25)26-12-27-23(21)30/h3-9,12-14,17,19-20,31H,10-11H2,1-2H3,(H,29,33)(H2,25,26,27)/t14-,17+,19+,20+,38?/m0/s1. The van der Waals surface area contributed by atoms with Crippen molar-refractivity contribution in [3.05, 3.63) is 55.1 Å². The number of carbonyl (C=O) groups is 1. The molecular weight excluding hydrogens is 515 g/mol. The first-order chi connectivity index (χ1) is 18.3. The van der Waals surface area contributed by atoms with E-state index < -0.39 is 38.2 Å². The summed E-state index contributed by atoms with van der Waals surface area (Å²) in [6.45, 7) is 1.17. The summed E-state index contributed by atoms with van der Waals surface area (Å²) in [6, 6.07) is 11.7. The highest BCUT2D eigenvalue weighted by Gasteiger charge is 2.40. The average Bonchev–Trinajstić information content (AvgIpc) is 3.51. The molecular formula is C24H27N6O7P. The molecule has 14 heteroatoms. The number of anilines is 1. The molecule has 0 bridgehead atoms. The molecule has 1 unspecified atom stereocenters. The number of aliphatic hydroxyl groups excluding tert-OH is 1. The molecule has 0 spiro atoms. The minimum atomic E-state index is -4.17. The molecule has 1 aliphatic rings. The molecule has 0 aliphatic carbocycles. The molecule has 2 aromatic carbocycles. The molecule has 4 N–H and O–H groups in total. The summed E-state index contributed by atoms with van der Waals surface area (Å²) in [5.74, 6) is -0.130. The molecule has 4 aromatic rings. The number of imidazole rings is 1. The van der Waals surface area contributed by atoms with E-state index in [-0.39, 0.29) is 18.8 Å². The smallest absolute Gasteiger partial charge is 0.459 e. The Kier molecular flexibility index (Phi) is 7.28. The van der Waals surface area contributed by atoms with Gasteiger partial charge in [-0.3, -0.25) is 13.9 Å². The van der Waals surface area contributed by atoms with Crippen molar-refractivity contribution in [1.82, 2.24) is 24.6 Å². The van der Waals surface area contributed by atoms with Gasteiger partial charge in [-0.1, -0.05) is 36.4 Å². The minimum absolute atomic E-state index is 0.198. The van der Waals surface area contributed by atoms with Gasteiger partial charge in [0, 0.05) is 11.8 Å². The van der Waals surface area contributed by atoms with Crippen molar-refractivity contribution in [1.29, 1.82) is 0 Å². The number of hydrogen-bond donors (Lipinski definition) is 3. The van der Waals surface area contributed by atoms with E-state index >= 15 is 0 Å². The summed E-state index contributed by atoms with van der Waals surface area (Å²) in [5.41, 5.74) is 6.73. The molecule has 13 nitrogen and oxygen atoms in total. The fourth-order valence-corrected chi connectivity index (χ4v) is 5.77. The van der Waals surface area contributed by atoms with Crippen LogP contribution in [0, 0.1) is 0 Å². The van der Waals surface area contributed by atoms with Crippen LogP contribution in [0.25, 0.3) is 21.9 Å². The normalized spacial score (nSPS) is 21.8. The van der Waals surface area contributed by atoms with Crippen LogP contribution in [0.5, 0.6) is 5.75 Å². The summed E-state index contributed by atoms with van der Waals surface area (Å²) < 4.78 is 37.9. The third-order valence-electron chi connectivity index (χ3n) is 6.18. The first-order valence-electron chi connectivity index (χ1n) is 11.8. The Morgan fingerprint density at radius 1 is 1.26 bits per heavy atom. The predicted molar refractivity (Wildman–Crippen MR) is 137 cm³/mol. The number of rotatable bonds is 9. The molecule has 3 heterocycles. The number of benzene rings is 2. The van der Waals surface area contributed by atoms with Crippen LogP contribution >= 0.6 is 7.75 Å². The van der Waals surface area contributed by atoms with Crippen LogP contribution in [-0.2, 0) is 23.4 Å². The highest BCUT2D eigenvalue weighted by molar-refractivity contribution is 7.52. The molecule has 0 saturated carbocycles. The summed E-state index contributed by atoms with van der Waals surface area (Å²) in [5, 5.41) is 14.9. The second-order valence-corrected chi connectivity index (χ2v) is 10.4. The van der Waals surface area contributed by atoms with Gasteiger partial charge >= 0.3 is 13.7 Å². The van der Waals surface area contributed by atoms with Gasteiger partial charge in [0.15, 0.2) is 11.5 Å². The Hall–Kier alpha value is -3.61. The zero-order valence-corrected chi connectivity index (χ0v) is 21.5. The van der Waals surface area contributed by atoms with Crippen molar-refractivity contribution in [2.75, 3.05) is 19.5 Å². The Bertz CT molecular complexity index is 1510. The molecule has 38 heavy (non-hydrogen) atoms. The van der Waals surface area contributed by atoms with Crippen molar-refractivity contribution in [2.24, 2.45) is 0 Å². The average molecular weight is 542 g/mol. The number of methoxy groups -OCH3 is 1. The van der Waals surface area contributed by atoms with Crippen LogP contribution in [0.15, 0.2) is 55.1 Å². The van der Waals surface area contributed by atoms with E-state index in [9.17, 15) is 14.5 Å². The molecule has 0 amide bonds. The number of nitrogens with two attached hydrogens (primary N) is 1. The highest BCUT2D eigenvalue weighted by atomic mass is 31.2. The van der Waals surface area contributed by atoms with Crippen molar-refractivity contribution < 1.29 is 33.0 Å². The largest absolute Gasteiger partial charge is 0.468 e. The lowest BCUT2D eigenvalue weighted by Gasteiger charge is -2.25. The fourth-order valence-electron chi connectivity index (χ4n) is 4.25. The molecule has 200 valence electrons. The fraction of sp³-hybridized carbons (Fsp3) is 0.333. The van der Waals surface area contributed by atoms with Crippen molar-refractivity contribution in [2.45, 2.75) is 37.8 Å². The molecule has 1 aliphatic heterocycles. The number of aliphatic hydroxyl groups is 1. The number of nitrogen functional groups attached to an aromatic ring is 1. The van der Waals surface area contributed by atoms with E-state index in [2.05, 4.69) is 20.0 Å². The Balaban J connectivity index is 1.35. The predicted octanol–water partition coefficient (Wildman–Crippen LogP) is 2.56. The number of hydrogen-bond acceptors (Lipinski definition) is 11. The SMILES string of the molecule is COC(=O)[C@H](C)NP(=O)(OC[C@H]1O[C@@H](n2cnc3c(N)ncnc32)C[C@H]1O)Oc1cccc2ccccc12. The van der Waals surface area contributed by atoms with Gasteiger partial charge in [0.1, 0.15) is 36.0 Å². The third-order valence-corrected chi connectivity index (χ3v) is 7.81. The second-order valence-electron chi connectivity index (χ2n) is 8.75. The highest BCUT2D eigenvalue weighted by Crippen LogP contribution is 2.47. The van der Waals surface area contributed by atoms with Crippen LogP contribution in [-0.4, -0.2) is 62.6 Å². The summed E-state index contributed by atoms with van der Waals surface area (Å²) in [7, 11) is -2.95. The zero-order valence-electron chi connectivity index (χ0n) is 20.6. The Morgan fingerprint density at radius 3 is 2.87 bits per heavy atom. The van der Waals surface area contributed by atoms with Crippen molar-refractivity contribution in [3.8, 4) is 5.75 Å². The van der Waals surface area contributed by atoms with Gasteiger partial charge in [0.2, 0.25) is 0 Å². The first-order valence-corrected chi connectivity index (χ1v) is 13.4. The van der Waals surface area contributed by atoms with Crippen molar-refractivity contribution in [3.63, 3.8) is 0 Å². The zero-order chi connectivity index (χ0) is 26.9. The Morgan fingerprint density at radius 2 is 2.05 bits per heavy atom. The van der Waals surface area contributed by atoms with Gasteiger partial charge in [-0.25, -0.2) is 19.5 Å². The second kappa shape index (κ2) is 10.6. The van der Waals surface area contributed by atoms with Crippen LogP contribution < -0.4 is 15.3 Å². The lowest BCUT2D eigenvalue weighted by atomic mass is 10.1. The number of fused-ring (bicyclic) bond motifs is 2. The van der Waals surface area contributed by atoms with E-state index in [0.29, 0.717) is 22.3 Å². The number of carbonyl (C=O) groups excluding carboxylic acids is 1. The van der Waals surface area contributed by atoms with E-state index in [1.54, 1.807) is 16.7 Å². The van der Waals surface area contributed by atoms with Gasteiger partial charge in [-0.2, -0.15) is 5.09 Å². The number of nitrogens with one attached hydrogen (secondary N) is 1. The number of nitrogens with zero attached hydrogens (tertiary/aromatic N) is 4. The van der Waals surface area contributed by atoms with E-state index in [1.165, 1.54) is 26.7 Å². The quantitative estimate of drug-likeness (QED) is 0.209. The molecule has 5 atom stereocenters. The van der Waals surface area contributed by atoms with Gasteiger partial charge in [-0.15, -0.1) is 0 Å². The summed E-state index contributed by atoms with van der Waals surface area (Å²) in [6.07, 6.45) is 0.570. The monoisotopic (exact) mass is 542 g/mol. The van der Waals surface area contributed by atoms with Gasteiger partial charge in [-0.05, 0) is 18.4 Å². The van der Waals surface area contributed by atoms with E-state index in [1.807, 2.05) is 30.3 Å². The molecule has 2 aromatic heterocycles. The molecule has 1 fully saturated rings. The van der Waals surface area contributed by atoms with E-state index in [4.69, 9.17) is 24.3 Å². The Labute approximate surface area is 217 Å². The van der Waals surface area contributed by atoms with Crippen molar-refractivity contribution >= 4 is 41.5 Å². The maximum Gasteiger partial charge on any atom is 0.459 e. The maximum absolute atomic E-state index is 13.9. The number of ether oxygens (including phenoxy) is 2.